The third kappa shape index (κ3) is 4.56. The molecule has 1 saturated heterocycles. The zero-order chi connectivity index (χ0) is 12.9. The summed E-state index contributed by atoms with van der Waals surface area (Å²) in [7, 11) is 0. The Morgan fingerprint density at radius 2 is 2.11 bits per heavy atom. The van der Waals surface area contributed by atoms with Gasteiger partial charge in [-0.05, 0) is 44.2 Å². The first-order valence-corrected chi connectivity index (χ1v) is 8.22. The second-order valence-corrected chi connectivity index (χ2v) is 6.78. The van der Waals surface area contributed by atoms with Crippen molar-refractivity contribution in [2.24, 2.45) is 0 Å². The van der Waals surface area contributed by atoms with Crippen molar-refractivity contribution in [3.05, 3.63) is 21.9 Å². The van der Waals surface area contributed by atoms with E-state index in [1.807, 2.05) is 11.3 Å². The van der Waals surface area contributed by atoms with E-state index in [0.717, 1.165) is 38.8 Å². The minimum atomic E-state index is 0.324. The van der Waals surface area contributed by atoms with E-state index >= 15 is 0 Å². The van der Waals surface area contributed by atoms with Crippen LogP contribution >= 0.6 is 11.3 Å². The maximum Gasteiger partial charge on any atom is 0.0810 e. The Labute approximate surface area is 119 Å². The van der Waals surface area contributed by atoms with Gasteiger partial charge in [0.1, 0.15) is 0 Å². The molecule has 4 heteroatoms. The summed E-state index contributed by atoms with van der Waals surface area (Å²) in [4.78, 5) is 2.74. The van der Waals surface area contributed by atoms with Crippen molar-refractivity contribution in [1.29, 1.82) is 0 Å². The molecule has 1 aliphatic heterocycles. The molecule has 3 nitrogen and oxygen atoms in total. The molecule has 1 aromatic heterocycles. The van der Waals surface area contributed by atoms with E-state index in [1.54, 1.807) is 0 Å². The van der Waals surface area contributed by atoms with Crippen LogP contribution in [0, 0.1) is 0 Å². The third-order valence-electron chi connectivity index (χ3n) is 3.68. The molecule has 0 aromatic carbocycles. The lowest BCUT2D eigenvalue weighted by Crippen LogP contribution is -2.24. The fraction of sp³-hybridized carbons (Fsp3) is 0.733. The molecule has 2 fully saturated rings. The van der Waals surface area contributed by atoms with Crippen LogP contribution in [0.5, 0.6) is 0 Å². The predicted molar refractivity (Wildman–Crippen MR) is 77.4 cm³/mol. The van der Waals surface area contributed by atoms with Gasteiger partial charge >= 0.3 is 0 Å². The number of hydrogen-bond donors (Lipinski definition) is 1. The summed E-state index contributed by atoms with van der Waals surface area (Å²) in [6.45, 7) is 3.40. The Morgan fingerprint density at radius 3 is 2.89 bits per heavy atom. The fourth-order valence-electron chi connectivity index (χ4n) is 2.36. The molecule has 1 aromatic rings. The molecule has 0 amide bonds. The molecule has 1 saturated carbocycles. The SMILES string of the molecule is c1cc(COCC2CCCCO2)sc1CNC1CC1. The molecule has 1 aliphatic carbocycles. The summed E-state index contributed by atoms with van der Waals surface area (Å²) < 4.78 is 11.4. The number of hydrogen-bond acceptors (Lipinski definition) is 4. The lowest BCUT2D eigenvalue weighted by atomic mass is 10.1. The van der Waals surface area contributed by atoms with Gasteiger partial charge in [0.15, 0.2) is 0 Å². The molecule has 2 aliphatic rings. The minimum absolute atomic E-state index is 0.324. The predicted octanol–water partition coefficient (Wildman–Crippen LogP) is 3.09. The number of ether oxygens (including phenoxy) is 2. The van der Waals surface area contributed by atoms with Gasteiger partial charge < -0.3 is 14.8 Å². The molecule has 0 radical (unpaired) electrons. The van der Waals surface area contributed by atoms with Crippen LogP contribution in [-0.4, -0.2) is 25.4 Å². The van der Waals surface area contributed by atoms with Crippen molar-refractivity contribution >= 4 is 11.3 Å². The molecule has 106 valence electrons. The highest BCUT2D eigenvalue weighted by Crippen LogP contribution is 2.22. The van der Waals surface area contributed by atoms with E-state index in [4.69, 9.17) is 9.47 Å². The van der Waals surface area contributed by atoms with Gasteiger partial charge in [-0.2, -0.15) is 0 Å². The molecule has 19 heavy (non-hydrogen) atoms. The molecule has 1 N–H and O–H groups in total. The molecule has 0 bridgehead atoms. The van der Waals surface area contributed by atoms with Gasteiger partial charge in [0.2, 0.25) is 0 Å². The number of nitrogens with one attached hydrogen (secondary N) is 1. The molecule has 3 rings (SSSR count). The van der Waals surface area contributed by atoms with Crippen molar-refractivity contribution in [1.82, 2.24) is 5.32 Å². The number of thiophene rings is 1. The van der Waals surface area contributed by atoms with E-state index in [-0.39, 0.29) is 0 Å². The zero-order valence-electron chi connectivity index (χ0n) is 11.4. The molecule has 1 atom stereocenters. The zero-order valence-corrected chi connectivity index (χ0v) is 12.2. The maximum atomic E-state index is 5.78. The molecular formula is C15H23NO2S. The summed E-state index contributed by atoms with van der Waals surface area (Å²) in [6, 6.07) is 5.19. The minimum Gasteiger partial charge on any atom is -0.376 e. The summed E-state index contributed by atoms with van der Waals surface area (Å²) in [5.74, 6) is 0. The molecular weight excluding hydrogens is 258 g/mol. The molecule has 1 unspecified atom stereocenters. The summed E-state index contributed by atoms with van der Waals surface area (Å²) in [6.07, 6.45) is 6.67. The normalized spacial score (nSPS) is 23.7. The molecule has 0 spiro atoms. The van der Waals surface area contributed by atoms with Gasteiger partial charge in [-0.3, -0.25) is 0 Å². The van der Waals surface area contributed by atoms with E-state index in [2.05, 4.69) is 17.4 Å². The third-order valence-corrected chi connectivity index (χ3v) is 4.74. The van der Waals surface area contributed by atoms with E-state index < -0.39 is 0 Å². The second kappa shape index (κ2) is 6.84. The van der Waals surface area contributed by atoms with E-state index in [0.29, 0.717) is 6.10 Å². The van der Waals surface area contributed by atoms with Gasteiger partial charge in [0, 0.05) is 28.9 Å². The summed E-state index contributed by atoms with van der Waals surface area (Å²) in [5, 5.41) is 3.54. The van der Waals surface area contributed by atoms with Crippen molar-refractivity contribution in [3.8, 4) is 0 Å². The van der Waals surface area contributed by atoms with Crippen LogP contribution in [0.25, 0.3) is 0 Å². The Balaban J connectivity index is 1.34. The summed E-state index contributed by atoms with van der Waals surface area (Å²) in [5.41, 5.74) is 0. The van der Waals surface area contributed by atoms with Crippen LogP contribution in [-0.2, 0) is 22.6 Å². The Morgan fingerprint density at radius 1 is 1.21 bits per heavy atom. The smallest absolute Gasteiger partial charge is 0.0810 e. The lowest BCUT2D eigenvalue weighted by Gasteiger charge is -2.22. The van der Waals surface area contributed by atoms with Crippen LogP contribution < -0.4 is 5.32 Å². The fourth-order valence-corrected chi connectivity index (χ4v) is 3.26. The standard InChI is InChI=1S/C15H23NO2S/c1-2-8-18-13(3-1)10-17-11-15-7-6-14(19-15)9-16-12-4-5-12/h6-7,12-13,16H,1-5,8-11H2. The average Bonchev–Trinajstić information content (AvgIpc) is 3.17. The Kier molecular flexibility index (Phi) is 4.88. The van der Waals surface area contributed by atoms with E-state index in [9.17, 15) is 0 Å². The van der Waals surface area contributed by atoms with Crippen LogP contribution in [0.4, 0.5) is 0 Å². The van der Waals surface area contributed by atoms with Crippen LogP contribution in [0.15, 0.2) is 12.1 Å². The van der Waals surface area contributed by atoms with Gasteiger partial charge in [-0.1, -0.05) is 0 Å². The van der Waals surface area contributed by atoms with Crippen LogP contribution in [0.1, 0.15) is 41.9 Å². The van der Waals surface area contributed by atoms with Crippen LogP contribution in [0.2, 0.25) is 0 Å². The largest absolute Gasteiger partial charge is 0.376 e. The quantitative estimate of drug-likeness (QED) is 0.833. The van der Waals surface area contributed by atoms with Gasteiger partial charge in [-0.25, -0.2) is 0 Å². The highest BCUT2D eigenvalue weighted by atomic mass is 32.1. The van der Waals surface area contributed by atoms with Gasteiger partial charge in [-0.15, -0.1) is 11.3 Å². The van der Waals surface area contributed by atoms with E-state index in [1.165, 1.54) is 35.4 Å². The first-order chi connectivity index (χ1) is 9.40. The first kappa shape index (κ1) is 13.6. The van der Waals surface area contributed by atoms with Crippen molar-refractivity contribution in [2.45, 2.75) is 57.4 Å². The Bertz CT molecular complexity index is 383. The maximum absolute atomic E-state index is 5.78. The first-order valence-electron chi connectivity index (χ1n) is 7.40. The molecule has 2 heterocycles. The Hall–Kier alpha value is -0.420. The number of rotatable bonds is 7. The lowest BCUT2D eigenvalue weighted by molar-refractivity contribution is -0.0443. The van der Waals surface area contributed by atoms with Crippen molar-refractivity contribution in [3.63, 3.8) is 0 Å². The van der Waals surface area contributed by atoms with Crippen molar-refractivity contribution in [2.75, 3.05) is 13.2 Å². The van der Waals surface area contributed by atoms with Gasteiger partial charge in [0.05, 0.1) is 19.3 Å². The topological polar surface area (TPSA) is 30.5 Å². The highest BCUT2D eigenvalue weighted by Gasteiger charge is 2.20. The van der Waals surface area contributed by atoms with Gasteiger partial charge in [0.25, 0.3) is 0 Å². The average molecular weight is 281 g/mol. The monoisotopic (exact) mass is 281 g/mol. The van der Waals surface area contributed by atoms with Crippen LogP contribution in [0.3, 0.4) is 0 Å². The summed E-state index contributed by atoms with van der Waals surface area (Å²) >= 11 is 1.86. The highest BCUT2D eigenvalue weighted by molar-refractivity contribution is 7.11. The second-order valence-electron chi connectivity index (χ2n) is 5.53. The van der Waals surface area contributed by atoms with Crippen molar-refractivity contribution < 1.29 is 9.47 Å².